The Morgan fingerprint density at radius 1 is 1.04 bits per heavy atom. The maximum absolute atomic E-state index is 12.4. The Bertz CT molecular complexity index is 1010. The molecule has 0 aliphatic heterocycles. The minimum atomic E-state index is -3.66. The van der Waals surface area contributed by atoms with Crippen LogP contribution in [-0.2, 0) is 16.6 Å². The van der Waals surface area contributed by atoms with Gasteiger partial charge in [0.05, 0.1) is 16.8 Å². The number of hydrogen-bond acceptors (Lipinski definition) is 4. The van der Waals surface area contributed by atoms with Crippen LogP contribution in [0.15, 0.2) is 71.8 Å². The van der Waals surface area contributed by atoms with E-state index in [1.165, 1.54) is 0 Å². The molecule has 134 valence electrons. The lowest BCUT2D eigenvalue weighted by atomic mass is 10.2. The fourth-order valence-electron chi connectivity index (χ4n) is 2.38. The maximum atomic E-state index is 12.4. The maximum Gasteiger partial charge on any atom is 0.263 e. The number of aryl methyl sites for hydroxylation is 1. The first-order valence-corrected chi connectivity index (χ1v) is 9.83. The van der Waals surface area contributed by atoms with Gasteiger partial charge in [0, 0.05) is 11.6 Å². The zero-order valence-electron chi connectivity index (χ0n) is 14.1. The normalized spacial score (nSPS) is 11.2. The van der Waals surface area contributed by atoms with Gasteiger partial charge in [0.1, 0.15) is 5.82 Å². The van der Waals surface area contributed by atoms with Crippen molar-refractivity contribution in [3.63, 3.8) is 0 Å². The average molecular weight is 388 g/mol. The first-order valence-electron chi connectivity index (χ1n) is 7.97. The van der Waals surface area contributed by atoms with E-state index in [1.54, 1.807) is 36.5 Å². The standard InChI is InChI=1S/C19H18ClN3O2S/c1-14-5-4-7-17(11-14)26(24,25)23-19-10-9-16(13-22-19)21-12-15-6-2-3-8-18(15)20/h2-11,13,21H,12H2,1H3,(H,22,23). The van der Waals surface area contributed by atoms with Crippen molar-refractivity contribution in [2.24, 2.45) is 0 Å². The van der Waals surface area contributed by atoms with Gasteiger partial charge in [-0.2, -0.15) is 0 Å². The van der Waals surface area contributed by atoms with Crippen LogP contribution in [0.5, 0.6) is 0 Å². The quantitative estimate of drug-likeness (QED) is 0.655. The molecule has 1 heterocycles. The molecule has 3 rings (SSSR count). The van der Waals surface area contributed by atoms with Crippen molar-refractivity contribution in [2.75, 3.05) is 10.0 Å². The second-order valence-electron chi connectivity index (χ2n) is 5.80. The van der Waals surface area contributed by atoms with E-state index in [0.29, 0.717) is 11.6 Å². The lowest BCUT2D eigenvalue weighted by Crippen LogP contribution is -2.14. The number of aromatic nitrogens is 1. The number of nitrogens with one attached hydrogen (secondary N) is 2. The highest BCUT2D eigenvalue weighted by molar-refractivity contribution is 7.92. The van der Waals surface area contributed by atoms with Gasteiger partial charge in [-0.05, 0) is 48.4 Å². The van der Waals surface area contributed by atoms with Crippen LogP contribution in [0.3, 0.4) is 0 Å². The van der Waals surface area contributed by atoms with E-state index in [2.05, 4.69) is 15.0 Å². The fourth-order valence-corrected chi connectivity index (χ4v) is 3.69. The van der Waals surface area contributed by atoms with Crippen LogP contribution in [0, 0.1) is 6.92 Å². The number of anilines is 2. The molecular formula is C19H18ClN3O2S. The van der Waals surface area contributed by atoms with Gasteiger partial charge in [-0.25, -0.2) is 13.4 Å². The molecule has 0 amide bonds. The van der Waals surface area contributed by atoms with Gasteiger partial charge in [-0.15, -0.1) is 0 Å². The SMILES string of the molecule is Cc1cccc(S(=O)(=O)Nc2ccc(NCc3ccccc3Cl)cn2)c1. The Hall–Kier alpha value is -2.57. The van der Waals surface area contributed by atoms with Gasteiger partial charge < -0.3 is 5.32 Å². The van der Waals surface area contributed by atoms with Crippen molar-refractivity contribution in [3.05, 3.63) is 83.0 Å². The average Bonchev–Trinajstić information content (AvgIpc) is 2.62. The number of hydrogen-bond donors (Lipinski definition) is 2. The zero-order valence-corrected chi connectivity index (χ0v) is 15.7. The molecule has 0 radical (unpaired) electrons. The van der Waals surface area contributed by atoms with Crippen molar-refractivity contribution >= 4 is 33.1 Å². The number of pyridine rings is 1. The molecule has 0 atom stereocenters. The highest BCUT2D eigenvalue weighted by atomic mass is 35.5. The lowest BCUT2D eigenvalue weighted by molar-refractivity contribution is 0.601. The Morgan fingerprint density at radius 2 is 1.85 bits per heavy atom. The van der Waals surface area contributed by atoms with Crippen LogP contribution in [-0.4, -0.2) is 13.4 Å². The van der Waals surface area contributed by atoms with E-state index in [0.717, 1.165) is 16.8 Å². The highest BCUT2D eigenvalue weighted by Crippen LogP contribution is 2.19. The summed E-state index contributed by atoms with van der Waals surface area (Å²) in [7, 11) is -3.66. The third kappa shape index (κ3) is 4.53. The van der Waals surface area contributed by atoms with Crippen molar-refractivity contribution in [1.82, 2.24) is 4.98 Å². The molecule has 2 aromatic carbocycles. The third-order valence-corrected chi connectivity index (χ3v) is 5.46. The molecule has 0 spiro atoms. The number of benzene rings is 2. The molecule has 7 heteroatoms. The Kier molecular flexibility index (Phi) is 5.44. The first-order chi connectivity index (χ1) is 12.4. The van der Waals surface area contributed by atoms with E-state index < -0.39 is 10.0 Å². The smallest absolute Gasteiger partial charge is 0.263 e. The summed E-state index contributed by atoms with van der Waals surface area (Å²) in [6.45, 7) is 2.40. The van der Waals surface area contributed by atoms with Crippen LogP contribution in [0.2, 0.25) is 5.02 Å². The molecule has 2 N–H and O–H groups in total. The van der Waals surface area contributed by atoms with E-state index in [4.69, 9.17) is 11.6 Å². The monoisotopic (exact) mass is 387 g/mol. The van der Waals surface area contributed by atoms with Crippen LogP contribution in [0.25, 0.3) is 0 Å². The summed E-state index contributed by atoms with van der Waals surface area (Å²) < 4.78 is 27.3. The van der Waals surface area contributed by atoms with Crippen molar-refractivity contribution in [3.8, 4) is 0 Å². The predicted molar refractivity (Wildman–Crippen MR) is 105 cm³/mol. The van der Waals surface area contributed by atoms with Crippen molar-refractivity contribution < 1.29 is 8.42 Å². The fraction of sp³-hybridized carbons (Fsp3) is 0.105. The van der Waals surface area contributed by atoms with E-state index >= 15 is 0 Å². The number of sulfonamides is 1. The topological polar surface area (TPSA) is 71.1 Å². The first kappa shape index (κ1) is 18.2. The molecular weight excluding hydrogens is 370 g/mol. The molecule has 1 aromatic heterocycles. The number of nitrogens with zero attached hydrogens (tertiary/aromatic N) is 1. The van der Waals surface area contributed by atoms with Gasteiger partial charge in [0.2, 0.25) is 0 Å². The Balaban J connectivity index is 1.67. The zero-order chi connectivity index (χ0) is 18.6. The predicted octanol–water partition coefficient (Wildman–Crippen LogP) is 4.46. The summed E-state index contributed by atoms with van der Waals surface area (Å²) in [6.07, 6.45) is 1.57. The highest BCUT2D eigenvalue weighted by Gasteiger charge is 2.14. The summed E-state index contributed by atoms with van der Waals surface area (Å²) in [5.74, 6) is 0.259. The largest absolute Gasteiger partial charge is 0.380 e. The second kappa shape index (κ2) is 7.76. The Morgan fingerprint density at radius 3 is 2.54 bits per heavy atom. The van der Waals surface area contributed by atoms with Gasteiger partial charge in [-0.3, -0.25) is 4.72 Å². The summed E-state index contributed by atoms with van der Waals surface area (Å²) in [5.41, 5.74) is 2.61. The molecule has 0 unspecified atom stereocenters. The van der Waals surface area contributed by atoms with E-state index in [9.17, 15) is 8.42 Å². The van der Waals surface area contributed by atoms with E-state index in [1.807, 2.05) is 37.3 Å². The summed E-state index contributed by atoms with van der Waals surface area (Å²) >= 11 is 6.13. The number of rotatable bonds is 6. The molecule has 0 saturated carbocycles. The van der Waals surface area contributed by atoms with Crippen LogP contribution < -0.4 is 10.0 Å². The van der Waals surface area contributed by atoms with Gasteiger partial charge in [0.15, 0.2) is 0 Å². The molecule has 0 saturated heterocycles. The van der Waals surface area contributed by atoms with E-state index in [-0.39, 0.29) is 10.7 Å². The number of halogens is 1. The Labute approximate surface area is 158 Å². The molecule has 5 nitrogen and oxygen atoms in total. The van der Waals surface area contributed by atoms with Crippen molar-refractivity contribution in [2.45, 2.75) is 18.4 Å². The lowest BCUT2D eigenvalue weighted by Gasteiger charge is -2.10. The van der Waals surface area contributed by atoms with Gasteiger partial charge in [-0.1, -0.05) is 41.9 Å². The van der Waals surface area contributed by atoms with Crippen LogP contribution >= 0.6 is 11.6 Å². The molecule has 0 aliphatic rings. The van der Waals surface area contributed by atoms with Crippen molar-refractivity contribution in [1.29, 1.82) is 0 Å². The molecule has 0 fully saturated rings. The third-order valence-electron chi connectivity index (χ3n) is 3.74. The summed E-state index contributed by atoms with van der Waals surface area (Å²) in [4.78, 5) is 4.37. The molecule has 0 aliphatic carbocycles. The summed E-state index contributed by atoms with van der Waals surface area (Å²) in [6, 6.07) is 17.7. The molecule has 0 bridgehead atoms. The molecule has 3 aromatic rings. The molecule has 26 heavy (non-hydrogen) atoms. The van der Waals surface area contributed by atoms with Crippen LogP contribution in [0.4, 0.5) is 11.5 Å². The van der Waals surface area contributed by atoms with Gasteiger partial charge >= 0.3 is 0 Å². The summed E-state index contributed by atoms with van der Waals surface area (Å²) in [5, 5.41) is 3.90. The van der Waals surface area contributed by atoms with Crippen LogP contribution in [0.1, 0.15) is 11.1 Å². The minimum absolute atomic E-state index is 0.209. The second-order valence-corrected chi connectivity index (χ2v) is 7.89. The van der Waals surface area contributed by atoms with Gasteiger partial charge in [0.25, 0.3) is 10.0 Å². The minimum Gasteiger partial charge on any atom is -0.380 e.